The standard InChI is InChI=1S/C15H17ClN2O4/c1-9(19)18(11-4-5-11)8-14(20)17-13-7-10(15(21)22-2)3-6-12(13)16/h3,6-7,11H,4-5,8H2,1-2H3,(H,17,20). The van der Waals surface area contributed by atoms with Crippen LogP contribution in [0.4, 0.5) is 5.69 Å². The minimum absolute atomic E-state index is 0.0290. The number of halogens is 1. The minimum Gasteiger partial charge on any atom is -0.465 e. The van der Waals surface area contributed by atoms with Crippen molar-refractivity contribution in [3.63, 3.8) is 0 Å². The van der Waals surface area contributed by atoms with Crippen molar-refractivity contribution in [3.8, 4) is 0 Å². The fraction of sp³-hybridized carbons (Fsp3) is 0.400. The number of methoxy groups -OCH3 is 1. The number of amides is 2. The number of hydrogen-bond donors (Lipinski definition) is 1. The number of esters is 1. The lowest BCUT2D eigenvalue weighted by Crippen LogP contribution is -2.38. The van der Waals surface area contributed by atoms with E-state index in [0.717, 1.165) is 12.8 Å². The Balaban J connectivity index is 2.07. The summed E-state index contributed by atoms with van der Waals surface area (Å²) >= 11 is 6.01. The van der Waals surface area contributed by atoms with Crippen molar-refractivity contribution in [2.75, 3.05) is 19.0 Å². The van der Waals surface area contributed by atoms with Gasteiger partial charge in [-0.2, -0.15) is 0 Å². The third-order valence-corrected chi connectivity index (χ3v) is 3.70. The molecule has 118 valence electrons. The van der Waals surface area contributed by atoms with Crippen molar-refractivity contribution in [2.45, 2.75) is 25.8 Å². The molecule has 0 aromatic heterocycles. The van der Waals surface area contributed by atoms with Crippen molar-refractivity contribution in [1.82, 2.24) is 4.90 Å². The first-order valence-corrected chi connectivity index (χ1v) is 7.25. The third kappa shape index (κ3) is 3.98. The van der Waals surface area contributed by atoms with Gasteiger partial charge in [-0.15, -0.1) is 0 Å². The molecule has 1 aromatic carbocycles. The summed E-state index contributed by atoms with van der Waals surface area (Å²) in [6.45, 7) is 1.41. The quantitative estimate of drug-likeness (QED) is 0.841. The monoisotopic (exact) mass is 324 g/mol. The van der Waals surface area contributed by atoms with Crippen LogP contribution >= 0.6 is 11.6 Å². The SMILES string of the molecule is COC(=O)c1ccc(Cl)c(NC(=O)CN(C(C)=O)C2CC2)c1. The van der Waals surface area contributed by atoms with E-state index in [4.69, 9.17) is 11.6 Å². The zero-order valence-corrected chi connectivity index (χ0v) is 13.1. The summed E-state index contributed by atoms with van der Waals surface area (Å²) in [6.07, 6.45) is 1.84. The maximum Gasteiger partial charge on any atom is 0.337 e. The molecule has 0 heterocycles. The summed E-state index contributed by atoms with van der Waals surface area (Å²) in [7, 11) is 1.27. The number of nitrogens with zero attached hydrogens (tertiary/aromatic N) is 1. The van der Waals surface area contributed by atoms with Gasteiger partial charge in [-0.05, 0) is 31.0 Å². The van der Waals surface area contributed by atoms with Gasteiger partial charge in [0.2, 0.25) is 11.8 Å². The highest BCUT2D eigenvalue weighted by Crippen LogP contribution is 2.27. The van der Waals surface area contributed by atoms with Gasteiger partial charge >= 0.3 is 5.97 Å². The Bertz CT molecular complexity index is 614. The van der Waals surface area contributed by atoms with Crippen LogP contribution in [-0.4, -0.2) is 42.4 Å². The molecule has 0 bridgehead atoms. The Kier molecular flexibility index (Phi) is 5.03. The van der Waals surface area contributed by atoms with Crippen LogP contribution in [0.2, 0.25) is 5.02 Å². The number of benzene rings is 1. The van der Waals surface area contributed by atoms with Gasteiger partial charge in [-0.1, -0.05) is 11.6 Å². The summed E-state index contributed by atoms with van der Waals surface area (Å²) in [4.78, 5) is 36.6. The van der Waals surface area contributed by atoms with Gasteiger partial charge in [0.25, 0.3) is 0 Å². The van der Waals surface area contributed by atoms with Crippen LogP contribution in [0.25, 0.3) is 0 Å². The summed E-state index contributed by atoms with van der Waals surface area (Å²) in [5.41, 5.74) is 0.599. The van der Waals surface area contributed by atoms with Crippen LogP contribution in [0.5, 0.6) is 0 Å². The van der Waals surface area contributed by atoms with Gasteiger partial charge in [0.15, 0.2) is 0 Å². The summed E-state index contributed by atoms with van der Waals surface area (Å²) in [5.74, 6) is -1.01. The Hall–Kier alpha value is -2.08. The fourth-order valence-electron chi connectivity index (χ4n) is 2.09. The molecule has 0 spiro atoms. The molecule has 22 heavy (non-hydrogen) atoms. The highest BCUT2D eigenvalue weighted by Gasteiger charge is 2.32. The van der Waals surface area contributed by atoms with Crippen LogP contribution in [0.3, 0.4) is 0 Å². The lowest BCUT2D eigenvalue weighted by Gasteiger charge is -2.20. The Morgan fingerprint density at radius 3 is 2.59 bits per heavy atom. The van der Waals surface area contributed by atoms with Crippen molar-refractivity contribution in [2.24, 2.45) is 0 Å². The largest absolute Gasteiger partial charge is 0.465 e. The predicted octanol–water partition coefficient (Wildman–Crippen LogP) is 2.08. The molecule has 1 aromatic rings. The second-order valence-electron chi connectivity index (χ2n) is 5.11. The minimum atomic E-state index is -0.518. The normalized spacial score (nSPS) is 13.4. The molecule has 2 amide bonds. The summed E-state index contributed by atoms with van der Waals surface area (Å²) in [5, 5.41) is 2.93. The number of hydrogen-bond acceptors (Lipinski definition) is 4. The molecule has 1 N–H and O–H groups in total. The van der Waals surface area contributed by atoms with E-state index in [0.29, 0.717) is 10.7 Å². The van der Waals surface area contributed by atoms with Crippen LogP contribution in [0.1, 0.15) is 30.1 Å². The first kappa shape index (κ1) is 16.3. The van der Waals surface area contributed by atoms with Gasteiger partial charge < -0.3 is 15.0 Å². The molecule has 0 unspecified atom stereocenters. The van der Waals surface area contributed by atoms with Crippen LogP contribution in [0.15, 0.2) is 18.2 Å². The van der Waals surface area contributed by atoms with Gasteiger partial charge in [-0.3, -0.25) is 9.59 Å². The van der Waals surface area contributed by atoms with Crippen LogP contribution < -0.4 is 5.32 Å². The molecule has 1 aliphatic rings. The molecule has 6 nitrogen and oxygen atoms in total. The van der Waals surface area contributed by atoms with E-state index in [2.05, 4.69) is 10.1 Å². The highest BCUT2D eigenvalue weighted by atomic mass is 35.5. The van der Waals surface area contributed by atoms with E-state index in [1.807, 2.05) is 0 Å². The van der Waals surface area contributed by atoms with Crippen molar-refractivity contribution in [3.05, 3.63) is 28.8 Å². The van der Waals surface area contributed by atoms with Gasteiger partial charge in [0.05, 0.1) is 23.4 Å². The van der Waals surface area contributed by atoms with E-state index >= 15 is 0 Å². The van der Waals surface area contributed by atoms with E-state index < -0.39 is 5.97 Å². The smallest absolute Gasteiger partial charge is 0.337 e. The van der Waals surface area contributed by atoms with Crippen LogP contribution in [0, 0.1) is 0 Å². The molecule has 0 saturated heterocycles. The van der Waals surface area contributed by atoms with Gasteiger partial charge in [0.1, 0.15) is 6.54 Å². The number of rotatable bonds is 5. The first-order chi connectivity index (χ1) is 10.4. The number of nitrogens with one attached hydrogen (secondary N) is 1. The molecular formula is C15H17ClN2O4. The molecular weight excluding hydrogens is 308 g/mol. The second kappa shape index (κ2) is 6.79. The lowest BCUT2D eigenvalue weighted by atomic mass is 10.2. The zero-order chi connectivity index (χ0) is 16.3. The number of ether oxygens (including phenoxy) is 1. The maximum absolute atomic E-state index is 12.1. The molecule has 2 rings (SSSR count). The van der Waals surface area contributed by atoms with Gasteiger partial charge in [0, 0.05) is 13.0 Å². The van der Waals surface area contributed by atoms with Crippen LogP contribution in [-0.2, 0) is 14.3 Å². The third-order valence-electron chi connectivity index (χ3n) is 3.37. The second-order valence-corrected chi connectivity index (χ2v) is 5.52. The molecule has 7 heteroatoms. The van der Waals surface area contributed by atoms with Crippen molar-refractivity contribution in [1.29, 1.82) is 0 Å². The van der Waals surface area contributed by atoms with E-state index in [1.165, 1.54) is 37.1 Å². The molecule has 1 aliphatic carbocycles. The Morgan fingerprint density at radius 1 is 1.36 bits per heavy atom. The maximum atomic E-state index is 12.1. The summed E-state index contributed by atoms with van der Waals surface area (Å²) < 4.78 is 4.62. The number of carbonyl (C=O) groups is 3. The van der Waals surface area contributed by atoms with E-state index in [9.17, 15) is 14.4 Å². The Labute approximate surface area is 133 Å². The number of anilines is 1. The molecule has 0 atom stereocenters. The Morgan fingerprint density at radius 2 is 2.05 bits per heavy atom. The van der Waals surface area contributed by atoms with E-state index in [-0.39, 0.29) is 30.0 Å². The highest BCUT2D eigenvalue weighted by molar-refractivity contribution is 6.33. The topological polar surface area (TPSA) is 75.7 Å². The van der Waals surface area contributed by atoms with Crippen molar-refractivity contribution < 1.29 is 19.1 Å². The number of carbonyl (C=O) groups excluding carboxylic acids is 3. The molecule has 1 fully saturated rings. The average Bonchev–Trinajstić information content (AvgIpc) is 3.30. The van der Waals surface area contributed by atoms with Gasteiger partial charge in [-0.25, -0.2) is 4.79 Å². The predicted molar refractivity (Wildman–Crippen MR) is 81.8 cm³/mol. The first-order valence-electron chi connectivity index (χ1n) is 6.87. The fourth-order valence-corrected chi connectivity index (χ4v) is 2.26. The average molecular weight is 325 g/mol. The van der Waals surface area contributed by atoms with E-state index in [1.54, 1.807) is 0 Å². The zero-order valence-electron chi connectivity index (χ0n) is 12.4. The van der Waals surface area contributed by atoms with Crippen molar-refractivity contribution >= 4 is 35.1 Å². The summed E-state index contributed by atoms with van der Waals surface area (Å²) in [6, 6.07) is 4.62. The molecule has 0 radical (unpaired) electrons. The molecule has 0 aliphatic heterocycles. The molecule has 1 saturated carbocycles. The lowest BCUT2D eigenvalue weighted by molar-refractivity contribution is -0.133.